The van der Waals surface area contributed by atoms with E-state index in [-0.39, 0.29) is 5.78 Å². The van der Waals surface area contributed by atoms with Crippen LogP contribution in [-0.2, 0) is 4.79 Å². The lowest BCUT2D eigenvalue weighted by molar-refractivity contribution is -0.113. The SMILES string of the molecule is C=C(C)C(C)=O.Cc1ccc(-c2ccccc2)cn1.Cc1ccc(Br)cc1. The highest BCUT2D eigenvalue weighted by Crippen LogP contribution is 2.17. The van der Waals surface area contributed by atoms with E-state index < -0.39 is 0 Å². The number of Topliss-reactive ketones (excluding diaryl/α,β-unsaturated/α-hetero) is 1. The summed E-state index contributed by atoms with van der Waals surface area (Å²) >= 11 is 3.35. The summed E-state index contributed by atoms with van der Waals surface area (Å²) in [4.78, 5) is 14.3. The minimum Gasteiger partial charge on any atom is -0.295 e. The molecule has 27 heavy (non-hydrogen) atoms. The van der Waals surface area contributed by atoms with Crippen molar-refractivity contribution in [1.29, 1.82) is 0 Å². The van der Waals surface area contributed by atoms with Crippen molar-refractivity contribution in [3.8, 4) is 11.1 Å². The number of carbonyl (C=O) groups excluding carboxylic acids is 1. The van der Waals surface area contributed by atoms with E-state index in [1.807, 2.05) is 49.5 Å². The molecule has 2 nitrogen and oxygen atoms in total. The third kappa shape index (κ3) is 9.66. The summed E-state index contributed by atoms with van der Waals surface area (Å²) in [5.41, 5.74) is 5.36. The Morgan fingerprint density at radius 3 is 1.81 bits per heavy atom. The maximum absolute atomic E-state index is 10.0. The maximum Gasteiger partial charge on any atom is 0.154 e. The molecule has 0 aliphatic heterocycles. The second-order valence-electron chi connectivity index (χ2n) is 6.19. The van der Waals surface area contributed by atoms with E-state index in [0.717, 1.165) is 10.2 Å². The molecule has 0 aliphatic carbocycles. The van der Waals surface area contributed by atoms with Gasteiger partial charge < -0.3 is 0 Å². The zero-order valence-electron chi connectivity index (χ0n) is 16.4. The van der Waals surface area contributed by atoms with Crippen LogP contribution in [0.2, 0.25) is 0 Å². The predicted molar refractivity (Wildman–Crippen MR) is 119 cm³/mol. The lowest BCUT2D eigenvalue weighted by Gasteiger charge is -2.00. The van der Waals surface area contributed by atoms with Crippen LogP contribution in [0.4, 0.5) is 0 Å². The summed E-state index contributed by atoms with van der Waals surface area (Å²) in [6, 6.07) is 22.6. The number of ketones is 1. The molecule has 0 spiro atoms. The Hall–Kier alpha value is -2.52. The Balaban J connectivity index is 0.000000224. The Morgan fingerprint density at radius 1 is 0.852 bits per heavy atom. The van der Waals surface area contributed by atoms with E-state index in [9.17, 15) is 4.79 Å². The van der Waals surface area contributed by atoms with E-state index in [0.29, 0.717) is 5.57 Å². The van der Waals surface area contributed by atoms with E-state index in [4.69, 9.17) is 0 Å². The van der Waals surface area contributed by atoms with Crippen molar-refractivity contribution in [3.63, 3.8) is 0 Å². The van der Waals surface area contributed by atoms with Crippen molar-refractivity contribution < 1.29 is 4.79 Å². The Morgan fingerprint density at radius 2 is 1.41 bits per heavy atom. The van der Waals surface area contributed by atoms with E-state index in [1.54, 1.807) is 6.92 Å². The summed E-state index contributed by atoms with van der Waals surface area (Å²) < 4.78 is 1.14. The van der Waals surface area contributed by atoms with Crippen molar-refractivity contribution in [2.45, 2.75) is 27.7 Å². The molecular formula is C24H26BrNO. The number of nitrogens with zero attached hydrogens (tertiary/aromatic N) is 1. The number of carbonyl (C=O) groups is 1. The number of hydrogen-bond acceptors (Lipinski definition) is 2. The summed E-state index contributed by atoms with van der Waals surface area (Å²) in [6.07, 6.45) is 1.91. The van der Waals surface area contributed by atoms with Crippen molar-refractivity contribution in [2.24, 2.45) is 0 Å². The molecule has 0 fully saturated rings. The van der Waals surface area contributed by atoms with Gasteiger partial charge in [0.25, 0.3) is 0 Å². The zero-order valence-corrected chi connectivity index (χ0v) is 18.0. The summed E-state index contributed by atoms with van der Waals surface area (Å²) in [7, 11) is 0. The monoisotopic (exact) mass is 423 g/mol. The number of aromatic nitrogens is 1. The summed E-state index contributed by atoms with van der Waals surface area (Å²) in [5.74, 6) is 0.0648. The molecule has 3 heteroatoms. The first-order valence-electron chi connectivity index (χ1n) is 8.66. The van der Waals surface area contributed by atoms with Crippen LogP contribution >= 0.6 is 15.9 Å². The zero-order chi connectivity index (χ0) is 20.2. The Labute approximate surface area is 171 Å². The van der Waals surface area contributed by atoms with Crippen LogP contribution in [0.1, 0.15) is 25.1 Å². The van der Waals surface area contributed by atoms with Gasteiger partial charge in [0.1, 0.15) is 0 Å². The number of halogens is 1. The molecule has 0 aliphatic rings. The molecule has 140 valence electrons. The minimum atomic E-state index is 0.0648. The molecule has 0 bridgehead atoms. The molecule has 0 saturated heterocycles. The summed E-state index contributed by atoms with van der Waals surface area (Å²) in [5, 5.41) is 0. The van der Waals surface area contributed by atoms with Crippen LogP contribution in [0.5, 0.6) is 0 Å². The number of rotatable bonds is 2. The van der Waals surface area contributed by atoms with Gasteiger partial charge in [-0.05, 0) is 57.0 Å². The smallest absolute Gasteiger partial charge is 0.154 e. The molecule has 2 aromatic carbocycles. The highest BCUT2D eigenvalue weighted by Gasteiger charge is 1.94. The molecule has 1 heterocycles. The number of pyridine rings is 1. The van der Waals surface area contributed by atoms with Gasteiger partial charge >= 0.3 is 0 Å². The largest absolute Gasteiger partial charge is 0.295 e. The van der Waals surface area contributed by atoms with Crippen LogP contribution in [-0.4, -0.2) is 10.8 Å². The fourth-order valence-electron chi connectivity index (χ4n) is 1.80. The Kier molecular flexibility index (Phi) is 9.99. The minimum absolute atomic E-state index is 0.0648. The normalized spacial score (nSPS) is 9.22. The predicted octanol–water partition coefficient (Wildman–Crippen LogP) is 6.97. The number of allylic oxidation sites excluding steroid dienone is 1. The average molecular weight is 424 g/mol. The molecule has 3 rings (SSSR count). The van der Waals surface area contributed by atoms with Gasteiger partial charge in [-0.15, -0.1) is 0 Å². The van der Waals surface area contributed by atoms with Crippen molar-refractivity contribution >= 4 is 21.7 Å². The molecule has 0 atom stereocenters. The number of aryl methyl sites for hydroxylation is 2. The third-order valence-electron chi connectivity index (χ3n) is 3.63. The van der Waals surface area contributed by atoms with Crippen molar-refractivity contribution in [2.75, 3.05) is 0 Å². The quantitative estimate of drug-likeness (QED) is 0.416. The van der Waals surface area contributed by atoms with Crippen LogP contribution in [0.15, 0.2) is 89.6 Å². The van der Waals surface area contributed by atoms with E-state index in [1.165, 1.54) is 23.6 Å². The standard InChI is InChI=1S/C12H11N.C7H7Br.C5H8O/c1-10-7-8-12(9-13-10)11-5-3-2-4-6-11;1-6-2-4-7(8)5-3-6;1-4(2)5(3)6/h2-9H,1H3;2-5H,1H3;1H2,2-3H3. The van der Waals surface area contributed by atoms with Crippen molar-refractivity contribution in [1.82, 2.24) is 4.98 Å². The molecule has 0 amide bonds. The first-order valence-corrected chi connectivity index (χ1v) is 9.45. The third-order valence-corrected chi connectivity index (χ3v) is 4.16. The Bertz CT molecular complexity index is 805. The lowest BCUT2D eigenvalue weighted by atomic mass is 10.1. The van der Waals surface area contributed by atoms with E-state index in [2.05, 4.69) is 64.7 Å². The van der Waals surface area contributed by atoms with Gasteiger partial charge in [0.05, 0.1) is 0 Å². The van der Waals surface area contributed by atoms with Gasteiger partial charge in [-0.1, -0.05) is 76.6 Å². The van der Waals surface area contributed by atoms with Gasteiger partial charge in [-0.3, -0.25) is 9.78 Å². The first kappa shape index (κ1) is 22.5. The number of hydrogen-bond donors (Lipinski definition) is 0. The van der Waals surface area contributed by atoms with Crippen LogP contribution < -0.4 is 0 Å². The van der Waals surface area contributed by atoms with Crippen LogP contribution in [0.3, 0.4) is 0 Å². The molecule has 3 aromatic rings. The number of benzene rings is 2. The van der Waals surface area contributed by atoms with Gasteiger partial charge in [0, 0.05) is 21.9 Å². The molecule has 1 aromatic heterocycles. The molecule has 0 unspecified atom stereocenters. The first-order chi connectivity index (χ1) is 12.8. The topological polar surface area (TPSA) is 30.0 Å². The van der Waals surface area contributed by atoms with Crippen LogP contribution in [0.25, 0.3) is 11.1 Å². The summed E-state index contributed by atoms with van der Waals surface area (Å²) in [6.45, 7) is 10.7. The van der Waals surface area contributed by atoms with Crippen LogP contribution in [0, 0.1) is 13.8 Å². The highest BCUT2D eigenvalue weighted by atomic mass is 79.9. The van der Waals surface area contributed by atoms with Crippen molar-refractivity contribution in [3.05, 3.63) is 101 Å². The maximum atomic E-state index is 10.0. The lowest BCUT2D eigenvalue weighted by Crippen LogP contribution is -1.86. The fourth-order valence-corrected chi connectivity index (χ4v) is 2.07. The van der Waals surface area contributed by atoms with E-state index >= 15 is 0 Å². The van der Waals surface area contributed by atoms with Gasteiger partial charge in [0.15, 0.2) is 5.78 Å². The van der Waals surface area contributed by atoms with Gasteiger partial charge in [-0.2, -0.15) is 0 Å². The van der Waals surface area contributed by atoms with Gasteiger partial charge in [0.2, 0.25) is 0 Å². The molecule has 0 saturated carbocycles. The molecular weight excluding hydrogens is 398 g/mol. The highest BCUT2D eigenvalue weighted by molar-refractivity contribution is 9.10. The fraction of sp³-hybridized carbons (Fsp3) is 0.167. The second kappa shape index (κ2) is 12.0. The second-order valence-corrected chi connectivity index (χ2v) is 7.10. The molecule has 0 N–H and O–H groups in total. The average Bonchev–Trinajstić information content (AvgIpc) is 2.66. The molecule has 0 radical (unpaired) electrons. The van der Waals surface area contributed by atoms with Gasteiger partial charge in [-0.25, -0.2) is 0 Å².